The summed E-state index contributed by atoms with van der Waals surface area (Å²) in [6.07, 6.45) is 3.87. The molecule has 1 fully saturated rings. The molecule has 1 aromatic heterocycles. The van der Waals surface area contributed by atoms with E-state index in [1.165, 1.54) is 12.1 Å². The molecule has 2 aromatic rings. The maximum Gasteiger partial charge on any atom is 0.387 e. The Morgan fingerprint density at radius 1 is 1.14 bits per heavy atom. The molecule has 1 amide bonds. The SMILES string of the molecule is CN(CCC(=O)N1CCN(c2ncccn2)CC1)Cc1ccc(OC(F)F)cc1. The number of piperazine rings is 1. The van der Waals surface area contributed by atoms with E-state index in [0.717, 1.165) is 18.7 Å². The number of anilines is 1. The van der Waals surface area contributed by atoms with Crippen LogP contribution in [0.25, 0.3) is 0 Å². The van der Waals surface area contributed by atoms with Crippen molar-refractivity contribution in [1.29, 1.82) is 0 Å². The van der Waals surface area contributed by atoms with Crippen molar-refractivity contribution in [3.05, 3.63) is 48.3 Å². The van der Waals surface area contributed by atoms with Crippen molar-refractivity contribution in [2.75, 3.05) is 44.7 Å². The van der Waals surface area contributed by atoms with Crippen molar-refractivity contribution in [2.45, 2.75) is 19.6 Å². The predicted molar refractivity (Wildman–Crippen MR) is 105 cm³/mol. The second kappa shape index (κ2) is 10.1. The zero-order valence-corrected chi connectivity index (χ0v) is 16.4. The molecule has 29 heavy (non-hydrogen) atoms. The first-order valence-corrected chi connectivity index (χ1v) is 9.53. The van der Waals surface area contributed by atoms with Crippen molar-refractivity contribution in [1.82, 2.24) is 19.8 Å². The zero-order chi connectivity index (χ0) is 20.6. The van der Waals surface area contributed by atoms with Gasteiger partial charge in [-0.05, 0) is 30.8 Å². The van der Waals surface area contributed by atoms with Gasteiger partial charge in [-0.1, -0.05) is 12.1 Å². The Labute approximate surface area is 168 Å². The van der Waals surface area contributed by atoms with E-state index in [1.807, 2.05) is 16.8 Å². The molecule has 1 aliphatic rings. The highest BCUT2D eigenvalue weighted by Crippen LogP contribution is 2.16. The average molecular weight is 405 g/mol. The Kier molecular flexibility index (Phi) is 7.29. The fraction of sp³-hybridized carbons (Fsp3) is 0.450. The molecule has 0 radical (unpaired) electrons. The monoisotopic (exact) mass is 405 g/mol. The smallest absolute Gasteiger partial charge is 0.387 e. The van der Waals surface area contributed by atoms with Gasteiger partial charge in [-0.3, -0.25) is 4.79 Å². The summed E-state index contributed by atoms with van der Waals surface area (Å²) in [6, 6.07) is 8.33. The first-order valence-electron chi connectivity index (χ1n) is 9.53. The minimum atomic E-state index is -2.82. The Balaban J connectivity index is 1.39. The Morgan fingerprint density at radius 3 is 2.41 bits per heavy atom. The van der Waals surface area contributed by atoms with Crippen LogP contribution in [0.4, 0.5) is 14.7 Å². The van der Waals surface area contributed by atoms with Gasteiger partial charge in [0.1, 0.15) is 5.75 Å². The molecular formula is C20H25F2N5O2. The molecule has 1 aromatic carbocycles. The molecule has 0 unspecified atom stereocenters. The molecule has 0 bridgehead atoms. The number of alkyl halides is 2. The van der Waals surface area contributed by atoms with Gasteiger partial charge in [0.25, 0.3) is 0 Å². The van der Waals surface area contributed by atoms with E-state index in [9.17, 15) is 13.6 Å². The van der Waals surface area contributed by atoms with Gasteiger partial charge in [0.15, 0.2) is 0 Å². The number of benzene rings is 1. The van der Waals surface area contributed by atoms with E-state index in [2.05, 4.69) is 19.6 Å². The Bertz CT molecular complexity index is 768. The van der Waals surface area contributed by atoms with Gasteiger partial charge < -0.3 is 19.4 Å². The van der Waals surface area contributed by atoms with Gasteiger partial charge in [-0.25, -0.2) is 9.97 Å². The summed E-state index contributed by atoms with van der Waals surface area (Å²) in [5.41, 5.74) is 0.970. The lowest BCUT2D eigenvalue weighted by Crippen LogP contribution is -2.49. The van der Waals surface area contributed by atoms with Crippen LogP contribution < -0.4 is 9.64 Å². The van der Waals surface area contributed by atoms with Gasteiger partial charge >= 0.3 is 6.61 Å². The van der Waals surface area contributed by atoms with Crippen LogP contribution in [-0.2, 0) is 11.3 Å². The van der Waals surface area contributed by atoms with Crippen LogP contribution in [0.2, 0.25) is 0 Å². The van der Waals surface area contributed by atoms with Crippen molar-refractivity contribution < 1.29 is 18.3 Å². The molecule has 0 atom stereocenters. The molecule has 0 aliphatic carbocycles. The molecule has 9 heteroatoms. The van der Waals surface area contributed by atoms with Gasteiger partial charge in [-0.15, -0.1) is 0 Å². The molecule has 156 valence electrons. The summed E-state index contributed by atoms with van der Waals surface area (Å²) < 4.78 is 28.7. The second-order valence-corrected chi connectivity index (χ2v) is 6.93. The van der Waals surface area contributed by atoms with Crippen LogP contribution in [0.1, 0.15) is 12.0 Å². The molecular weight excluding hydrogens is 380 g/mol. The van der Waals surface area contributed by atoms with E-state index in [4.69, 9.17) is 0 Å². The highest BCUT2D eigenvalue weighted by atomic mass is 19.3. The Morgan fingerprint density at radius 2 is 1.79 bits per heavy atom. The number of hydrogen-bond donors (Lipinski definition) is 0. The quantitative estimate of drug-likeness (QED) is 0.671. The van der Waals surface area contributed by atoms with Crippen LogP contribution in [0.3, 0.4) is 0 Å². The summed E-state index contributed by atoms with van der Waals surface area (Å²) in [6.45, 7) is 1.18. The molecule has 2 heterocycles. The average Bonchev–Trinajstić information content (AvgIpc) is 2.74. The molecule has 3 rings (SSSR count). The summed E-state index contributed by atoms with van der Waals surface area (Å²) in [5, 5.41) is 0. The number of amides is 1. The topological polar surface area (TPSA) is 61.8 Å². The summed E-state index contributed by atoms with van der Waals surface area (Å²) in [7, 11) is 1.93. The number of hydrogen-bond acceptors (Lipinski definition) is 6. The number of halogens is 2. The molecule has 0 spiro atoms. The number of ether oxygens (including phenoxy) is 1. The van der Waals surface area contributed by atoms with Crippen molar-refractivity contribution in [3.8, 4) is 5.75 Å². The highest BCUT2D eigenvalue weighted by Gasteiger charge is 2.22. The van der Waals surface area contributed by atoms with Crippen molar-refractivity contribution >= 4 is 11.9 Å². The third-order valence-corrected chi connectivity index (χ3v) is 4.78. The third kappa shape index (κ3) is 6.35. The van der Waals surface area contributed by atoms with E-state index < -0.39 is 6.61 Å². The summed E-state index contributed by atoms with van der Waals surface area (Å²) >= 11 is 0. The van der Waals surface area contributed by atoms with E-state index in [1.54, 1.807) is 30.6 Å². The number of nitrogens with zero attached hydrogens (tertiary/aromatic N) is 5. The number of carbonyl (C=O) groups excluding carboxylic acids is 1. The molecule has 1 saturated heterocycles. The normalized spacial score (nSPS) is 14.5. The van der Waals surface area contributed by atoms with Gasteiger partial charge in [0, 0.05) is 58.1 Å². The molecule has 7 nitrogen and oxygen atoms in total. The van der Waals surface area contributed by atoms with Gasteiger partial charge in [-0.2, -0.15) is 8.78 Å². The standard InChI is InChI=1S/C20H25F2N5O2/c1-25(15-16-3-5-17(6-4-16)29-19(21)22)10-7-18(28)26-11-13-27(14-12-26)20-23-8-2-9-24-20/h2-6,8-9,19H,7,10-15H2,1H3. The van der Waals surface area contributed by atoms with Crippen LogP contribution >= 0.6 is 0 Å². The number of carbonyl (C=O) groups is 1. The lowest BCUT2D eigenvalue weighted by atomic mass is 10.2. The Hall–Kier alpha value is -2.81. The highest BCUT2D eigenvalue weighted by molar-refractivity contribution is 5.76. The summed E-state index contributed by atoms with van der Waals surface area (Å²) in [4.78, 5) is 27.0. The van der Waals surface area contributed by atoms with Crippen LogP contribution in [-0.4, -0.2) is 72.1 Å². The molecule has 0 N–H and O–H groups in total. The van der Waals surface area contributed by atoms with Crippen LogP contribution in [0.15, 0.2) is 42.7 Å². The van der Waals surface area contributed by atoms with Gasteiger partial charge in [0.05, 0.1) is 0 Å². The molecule has 1 aliphatic heterocycles. The fourth-order valence-corrected chi connectivity index (χ4v) is 3.22. The fourth-order valence-electron chi connectivity index (χ4n) is 3.22. The maximum absolute atomic E-state index is 12.5. The largest absolute Gasteiger partial charge is 0.435 e. The van der Waals surface area contributed by atoms with Crippen LogP contribution in [0, 0.1) is 0 Å². The van der Waals surface area contributed by atoms with E-state index in [0.29, 0.717) is 38.5 Å². The van der Waals surface area contributed by atoms with Crippen molar-refractivity contribution in [2.24, 2.45) is 0 Å². The first kappa shape index (κ1) is 20.9. The van der Waals surface area contributed by atoms with Crippen molar-refractivity contribution in [3.63, 3.8) is 0 Å². The van der Waals surface area contributed by atoms with Crippen LogP contribution in [0.5, 0.6) is 5.75 Å². The minimum Gasteiger partial charge on any atom is -0.435 e. The van der Waals surface area contributed by atoms with Gasteiger partial charge in [0.2, 0.25) is 11.9 Å². The second-order valence-electron chi connectivity index (χ2n) is 6.93. The summed E-state index contributed by atoms with van der Waals surface area (Å²) in [5.74, 6) is 0.970. The minimum absolute atomic E-state index is 0.131. The molecule has 0 saturated carbocycles. The van der Waals surface area contributed by atoms with E-state index in [-0.39, 0.29) is 11.7 Å². The lowest BCUT2D eigenvalue weighted by Gasteiger charge is -2.35. The predicted octanol–water partition coefficient (Wildman–Crippen LogP) is 2.25. The number of rotatable bonds is 8. The lowest BCUT2D eigenvalue weighted by molar-refractivity contribution is -0.131. The first-order chi connectivity index (χ1) is 14.0. The maximum atomic E-state index is 12.5. The number of aromatic nitrogens is 2. The zero-order valence-electron chi connectivity index (χ0n) is 16.4. The third-order valence-electron chi connectivity index (χ3n) is 4.78. The van der Waals surface area contributed by atoms with E-state index >= 15 is 0 Å².